The standard InChI is InChI=1S/C15H19FN2O2/c1-11(19)18(14-6-7-14)9-8-17-15(20)10-12-2-4-13(16)5-3-12/h2-5,14H,6-10H2,1H3,(H,17,20). The van der Waals surface area contributed by atoms with Gasteiger partial charge in [-0.15, -0.1) is 0 Å². The number of nitrogens with one attached hydrogen (secondary N) is 1. The first-order valence-electron chi connectivity index (χ1n) is 6.84. The monoisotopic (exact) mass is 278 g/mol. The van der Waals surface area contributed by atoms with Crippen LogP contribution in [0.15, 0.2) is 24.3 Å². The highest BCUT2D eigenvalue weighted by Crippen LogP contribution is 2.26. The predicted octanol–water partition coefficient (Wildman–Crippen LogP) is 1.50. The van der Waals surface area contributed by atoms with Gasteiger partial charge in [-0.25, -0.2) is 4.39 Å². The molecule has 0 bridgehead atoms. The van der Waals surface area contributed by atoms with Gasteiger partial charge >= 0.3 is 0 Å². The van der Waals surface area contributed by atoms with Gasteiger partial charge in [0, 0.05) is 26.1 Å². The zero-order valence-corrected chi connectivity index (χ0v) is 11.6. The van der Waals surface area contributed by atoms with Crippen LogP contribution >= 0.6 is 0 Å². The molecule has 0 spiro atoms. The van der Waals surface area contributed by atoms with E-state index in [2.05, 4.69) is 5.32 Å². The fraction of sp³-hybridized carbons (Fsp3) is 0.467. The van der Waals surface area contributed by atoms with E-state index >= 15 is 0 Å². The van der Waals surface area contributed by atoms with Crippen LogP contribution in [0.5, 0.6) is 0 Å². The summed E-state index contributed by atoms with van der Waals surface area (Å²) >= 11 is 0. The lowest BCUT2D eigenvalue weighted by atomic mass is 10.1. The van der Waals surface area contributed by atoms with Crippen molar-refractivity contribution >= 4 is 11.8 Å². The van der Waals surface area contributed by atoms with Gasteiger partial charge in [0.1, 0.15) is 5.82 Å². The summed E-state index contributed by atoms with van der Waals surface area (Å²) in [4.78, 5) is 24.9. The number of benzene rings is 1. The molecular formula is C15H19FN2O2. The first kappa shape index (κ1) is 14.5. The first-order valence-corrected chi connectivity index (χ1v) is 6.84. The third-order valence-electron chi connectivity index (χ3n) is 3.34. The van der Waals surface area contributed by atoms with Crippen molar-refractivity contribution in [3.8, 4) is 0 Å². The summed E-state index contributed by atoms with van der Waals surface area (Å²) in [6.07, 6.45) is 2.34. The molecule has 0 aliphatic heterocycles. The largest absolute Gasteiger partial charge is 0.354 e. The van der Waals surface area contributed by atoms with Crippen molar-refractivity contribution in [3.63, 3.8) is 0 Å². The maximum atomic E-state index is 12.7. The minimum absolute atomic E-state index is 0.0558. The Balaban J connectivity index is 1.72. The molecule has 4 nitrogen and oxygen atoms in total. The molecule has 0 atom stereocenters. The lowest BCUT2D eigenvalue weighted by molar-refractivity contribution is -0.130. The van der Waals surface area contributed by atoms with E-state index < -0.39 is 0 Å². The number of nitrogens with zero attached hydrogens (tertiary/aromatic N) is 1. The van der Waals surface area contributed by atoms with Gasteiger partial charge in [0.15, 0.2) is 0 Å². The number of hydrogen-bond acceptors (Lipinski definition) is 2. The molecule has 1 saturated carbocycles. The Bertz CT molecular complexity index is 483. The van der Waals surface area contributed by atoms with Crippen LogP contribution in [-0.4, -0.2) is 35.8 Å². The smallest absolute Gasteiger partial charge is 0.224 e. The molecule has 0 unspecified atom stereocenters. The highest BCUT2D eigenvalue weighted by molar-refractivity contribution is 5.78. The topological polar surface area (TPSA) is 49.4 Å². The number of halogens is 1. The van der Waals surface area contributed by atoms with Crippen LogP contribution in [0.25, 0.3) is 0 Å². The second-order valence-electron chi connectivity index (χ2n) is 5.10. The average Bonchev–Trinajstić information content (AvgIpc) is 3.21. The van der Waals surface area contributed by atoms with Crippen molar-refractivity contribution in [2.75, 3.05) is 13.1 Å². The van der Waals surface area contributed by atoms with Gasteiger partial charge in [0.2, 0.25) is 11.8 Å². The molecule has 2 rings (SSSR count). The molecule has 0 radical (unpaired) electrons. The van der Waals surface area contributed by atoms with Crippen molar-refractivity contribution < 1.29 is 14.0 Å². The molecule has 1 aromatic rings. The summed E-state index contributed by atoms with van der Waals surface area (Å²) in [5.74, 6) is -0.369. The Morgan fingerprint density at radius 2 is 1.95 bits per heavy atom. The van der Waals surface area contributed by atoms with Crippen molar-refractivity contribution in [2.24, 2.45) is 0 Å². The quantitative estimate of drug-likeness (QED) is 0.857. The third-order valence-corrected chi connectivity index (χ3v) is 3.34. The Morgan fingerprint density at radius 3 is 2.50 bits per heavy atom. The zero-order chi connectivity index (χ0) is 14.5. The fourth-order valence-corrected chi connectivity index (χ4v) is 2.15. The summed E-state index contributed by atoms with van der Waals surface area (Å²) in [6.45, 7) is 2.56. The normalized spacial score (nSPS) is 13.9. The van der Waals surface area contributed by atoms with Gasteiger partial charge < -0.3 is 10.2 Å². The van der Waals surface area contributed by atoms with Gasteiger partial charge in [-0.05, 0) is 30.5 Å². The Hall–Kier alpha value is -1.91. The Kier molecular flexibility index (Phi) is 4.71. The van der Waals surface area contributed by atoms with Gasteiger partial charge in [0.25, 0.3) is 0 Å². The maximum absolute atomic E-state index is 12.7. The summed E-state index contributed by atoms with van der Waals surface area (Å²) in [7, 11) is 0. The maximum Gasteiger partial charge on any atom is 0.224 e. The molecule has 20 heavy (non-hydrogen) atoms. The molecule has 1 aromatic carbocycles. The van der Waals surface area contributed by atoms with E-state index in [4.69, 9.17) is 0 Å². The van der Waals surface area contributed by atoms with Crippen molar-refractivity contribution in [1.29, 1.82) is 0 Å². The minimum Gasteiger partial charge on any atom is -0.354 e. The number of amides is 2. The third kappa shape index (κ3) is 4.33. The molecule has 2 amide bonds. The summed E-state index contributed by atoms with van der Waals surface area (Å²) in [6, 6.07) is 6.24. The average molecular weight is 278 g/mol. The number of carbonyl (C=O) groups is 2. The molecule has 5 heteroatoms. The molecule has 1 aliphatic carbocycles. The summed E-state index contributed by atoms with van der Waals surface area (Å²) < 4.78 is 12.7. The molecular weight excluding hydrogens is 259 g/mol. The highest BCUT2D eigenvalue weighted by Gasteiger charge is 2.30. The van der Waals surface area contributed by atoms with E-state index in [-0.39, 0.29) is 24.1 Å². The van der Waals surface area contributed by atoms with Crippen LogP contribution in [0.4, 0.5) is 4.39 Å². The highest BCUT2D eigenvalue weighted by atomic mass is 19.1. The summed E-state index contributed by atoms with van der Waals surface area (Å²) in [5, 5.41) is 2.79. The van der Waals surface area contributed by atoms with E-state index in [1.807, 2.05) is 0 Å². The van der Waals surface area contributed by atoms with Crippen molar-refractivity contribution in [3.05, 3.63) is 35.6 Å². The van der Waals surface area contributed by atoms with E-state index in [0.29, 0.717) is 19.1 Å². The Labute approximate surface area is 118 Å². The molecule has 0 aromatic heterocycles. The van der Waals surface area contributed by atoms with Crippen LogP contribution in [0.2, 0.25) is 0 Å². The van der Waals surface area contributed by atoms with Gasteiger partial charge in [-0.3, -0.25) is 9.59 Å². The zero-order valence-electron chi connectivity index (χ0n) is 11.6. The van der Waals surface area contributed by atoms with Gasteiger partial charge in [-0.1, -0.05) is 12.1 Å². The van der Waals surface area contributed by atoms with E-state index in [0.717, 1.165) is 18.4 Å². The summed E-state index contributed by atoms with van der Waals surface area (Å²) in [5.41, 5.74) is 0.773. The SMILES string of the molecule is CC(=O)N(CCNC(=O)Cc1ccc(F)cc1)C1CC1. The van der Waals surface area contributed by atoms with E-state index in [1.165, 1.54) is 12.1 Å². The van der Waals surface area contributed by atoms with Crippen molar-refractivity contribution in [2.45, 2.75) is 32.2 Å². The molecule has 1 aliphatic rings. The van der Waals surface area contributed by atoms with Crippen LogP contribution in [0.1, 0.15) is 25.3 Å². The predicted molar refractivity (Wildman–Crippen MR) is 73.5 cm³/mol. The number of hydrogen-bond donors (Lipinski definition) is 1. The van der Waals surface area contributed by atoms with E-state index in [9.17, 15) is 14.0 Å². The molecule has 1 N–H and O–H groups in total. The van der Waals surface area contributed by atoms with Crippen LogP contribution in [-0.2, 0) is 16.0 Å². The molecule has 0 heterocycles. The lowest BCUT2D eigenvalue weighted by Gasteiger charge is -2.20. The van der Waals surface area contributed by atoms with Crippen LogP contribution in [0, 0.1) is 5.82 Å². The number of rotatable bonds is 6. The van der Waals surface area contributed by atoms with Crippen LogP contribution in [0.3, 0.4) is 0 Å². The molecule has 108 valence electrons. The second kappa shape index (κ2) is 6.50. The Morgan fingerprint density at radius 1 is 1.30 bits per heavy atom. The van der Waals surface area contributed by atoms with Crippen molar-refractivity contribution in [1.82, 2.24) is 10.2 Å². The lowest BCUT2D eigenvalue weighted by Crippen LogP contribution is -2.39. The molecule has 1 fully saturated rings. The first-order chi connectivity index (χ1) is 9.56. The van der Waals surface area contributed by atoms with E-state index in [1.54, 1.807) is 24.0 Å². The minimum atomic E-state index is -0.310. The van der Waals surface area contributed by atoms with Gasteiger partial charge in [-0.2, -0.15) is 0 Å². The van der Waals surface area contributed by atoms with Crippen LogP contribution < -0.4 is 5.32 Å². The second-order valence-corrected chi connectivity index (χ2v) is 5.10. The molecule has 0 saturated heterocycles. The number of carbonyl (C=O) groups excluding carboxylic acids is 2. The fourth-order valence-electron chi connectivity index (χ4n) is 2.15. The van der Waals surface area contributed by atoms with Gasteiger partial charge in [0.05, 0.1) is 6.42 Å².